The lowest BCUT2D eigenvalue weighted by atomic mass is 10.1. The van der Waals surface area contributed by atoms with E-state index in [4.69, 9.17) is 0 Å². The average molecular weight is 380 g/mol. The van der Waals surface area contributed by atoms with E-state index in [-0.39, 0.29) is 41.5 Å². The van der Waals surface area contributed by atoms with E-state index in [1.54, 1.807) is 18.7 Å². The van der Waals surface area contributed by atoms with E-state index in [0.29, 0.717) is 24.2 Å². The Hall–Kier alpha value is -2.21. The lowest BCUT2D eigenvalue weighted by Crippen LogP contribution is -2.46. The summed E-state index contributed by atoms with van der Waals surface area (Å²) < 4.78 is 24.6. The maximum absolute atomic E-state index is 12.8. The molecule has 2 rings (SSSR count). The molecule has 1 aromatic heterocycles. The number of carbonyl (C=O) groups excluding carboxylic acids is 1. The molecule has 1 amide bonds. The van der Waals surface area contributed by atoms with Crippen molar-refractivity contribution >= 4 is 15.7 Å². The number of hydrogen-bond acceptors (Lipinski definition) is 6. The second-order valence-electron chi connectivity index (χ2n) is 7.16. The number of amides is 1. The molecule has 1 saturated heterocycles. The van der Waals surface area contributed by atoms with Gasteiger partial charge < -0.3 is 4.90 Å². The van der Waals surface area contributed by atoms with Gasteiger partial charge in [0.1, 0.15) is 18.2 Å². The van der Waals surface area contributed by atoms with Crippen molar-refractivity contribution in [2.24, 2.45) is 5.92 Å². The van der Waals surface area contributed by atoms with Gasteiger partial charge in [0, 0.05) is 12.6 Å². The first-order valence-corrected chi connectivity index (χ1v) is 10.4. The molecule has 0 aromatic carbocycles. The average Bonchev–Trinajstić information content (AvgIpc) is 2.90. The van der Waals surface area contributed by atoms with Crippen LogP contribution in [0.5, 0.6) is 0 Å². The Labute approximate surface area is 153 Å². The summed E-state index contributed by atoms with van der Waals surface area (Å²) in [5, 5.41) is 13.3. The van der Waals surface area contributed by atoms with Gasteiger partial charge in [0.05, 0.1) is 17.2 Å². The Morgan fingerprint density at radius 1 is 1.42 bits per heavy atom. The summed E-state index contributed by atoms with van der Waals surface area (Å²) in [7, 11) is -3.13. The van der Waals surface area contributed by atoms with Crippen LogP contribution < -0.4 is 5.56 Å². The highest BCUT2D eigenvalue weighted by molar-refractivity contribution is 7.91. The van der Waals surface area contributed by atoms with Crippen molar-refractivity contribution in [2.45, 2.75) is 46.7 Å². The molecule has 0 unspecified atom stereocenters. The van der Waals surface area contributed by atoms with Crippen LogP contribution >= 0.6 is 0 Å². The van der Waals surface area contributed by atoms with Crippen molar-refractivity contribution in [3.8, 4) is 6.07 Å². The Morgan fingerprint density at radius 2 is 2.08 bits per heavy atom. The van der Waals surface area contributed by atoms with E-state index in [1.165, 1.54) is 0 Å². The molecule has 0 spiro atoms. The lowest BCUT2D eigenvalue weighted by Gasteiger charge is -2.30. The van der Waals surface area contributed by atoms with E-state index in [9.17, 15) is 23.3 Å². The van der Waals surface area contributed by atoms with Gasteiger partial charge in [0.25, 0.3) is 5.56 Å². The van der Waals surface area contributed by atoms with Gasteiger partial charge in [-0.2, -0.15) is 10.4 Å². The Morgan fingerprint density at radius 3 is 2.58 bits per heavy atom. The number of sulfone groups is 1. The highest BCUT2D eigenvalue weighted by atomic mass is 32.2. The van der Waals surface area contributed by atoms with Gasteiger partial charge in [-0.1, -0.05) is 13.8 Å². The predicted molar refractivity (Wildman–Crippen MR) is 96.3 cm³/mol. The van der Waals surface area contributed by atoms with E-state index in [1.807, 2.05) is 19.9 Å². The first-order chi connectivity index (χ1) is 12.1. The normalized spacial score (nSPS) is 18.7. The molecule has 1 aliphatic heterocycles. The fourth-order valence-electron chi connectivity index (χ4n) is 3.10. The molecule has 0 aliphatic carbocycles. The highest BCUT2D eigenvalue weighted by Gasteiger charge is 2.35. The molecule has 1 fully saturated rings. The number of aromatic nitrogens is 2. The second kappa shape index (κ2) is 7.58. The second-order valence-corrected chi connectivity index (χ2v) is 9.39. The van der Waals surface area contributed by atoms with Crippen LogP contribution in [0, 0.1) is 31.1 Å². The molecular formula is C17H24N4O4S. The number of nitriles is 1. The number of rotatable bonds is 5. The van der Waals surface area contributed by atoms with Crippen LogP contribution in [-0.2, 0) is 21.2 Å². The van der Waals surface area contributed by atoms with E-state index < -0.39 is 15.4 Å². The van der Waals surface area contributed by atoms with Crippen LogP contribution in [-0.4, -0.2) is 53.1 Å². The van der Waals surface area contributed by atoms with Crippen LogP contribution in [0.1, 0.15) is 37.1 Å². The maximum atomic E-state index is 12.8. The molecule has 9 heteroatoms. The SMILES string of the molecule is Cc1nn(CC(=O)N(CC(C)C)[C@@H]2CCS(=O)(=O)C2)c(=O)c(C#N)c1C. The van der Waals surface area contributed by atoms with Crippen LogP contribution in [0.2, 0.25) is 0 Å². The molecule has 2 heterocycles. The predicted octanol–water partition coefficient (Wildman–Crippen LogP) is 0.404. The summed E-state index contributed by atoms with van der Waals surface area (Å²) in [4.78, 5) is 26.8. The molecule has 0 bridgehead atoms. The van der Waals surface area contributed by atoms with Crippen molar-refractivity contribution < 1.29 is 13.2 Å². The van der Waals surface area contributed by atoms with Gasteiger partial charge in [-0.3, -0.25) is 9.59 Å². The topological polar surface area (TPSA) is 113 Å². The molecule has 1 aliphatic rings. The Kier molecular flexibility index (Phi) is 5.86. The fraction of sp³-hybridized carbons (Fsp3) is 0.647. The lowest BCUT2D eigenvalue weighted by molar-refractivity contribution is -0.134. The largest absolute Gasteiger partial charge is 0.337 e. The van der Waals surface area contributed by atoms with Crippen molar-refractivity contribution in [1.82, 2.24) is 14.7 Å². The number of aryl methyl sites for hydroxylation is 1. The summed E-state index contributed by atoms with van der Waals surface area (Å²) in [6.45, 7) is 7.30. The van der Waals surface area contributed by atoms with Gasteiger partial charge in [-0.05, 0) is 31.7 Å². The fourth-order valence-corrected chi connectivity index (χ4v) is 4.83. The van der Waals surface area contributed by atoms with E-state index in [2.05, 4.69) is 5.10 Å². The van der Waals surface area contributed by atoms with Gasteiger partial charge in [0.2, 0.25) is 5.91 Å². The summed E-state index contributed by atoms with van der Waals surface area (Å²) in [5.41, 5.74) is 0.381. The van der Waals surface area contributed by atoms with Crippen LogP contribution in [0.4, 0.5) is 0 Å². The third kappa shape index (κ3) is 4.30. The zero-order chi connectivity index (χ0) is 19.6. The van der Waals surface area contributed by atoms with E-state index >= 15 is 0 Å². The quantitative estimate of drug-likeness (QED) is 0.731. The zero-order valence-electron chi connectivity index (χ0n) is 15.5. The smallest absolute Gasteiger partial charge is 0.285 e. The monoisotopic (exact) mass is 380 g/mol. The van der Waals surface area contributed by atoms with Crippen molar-refractivity contribution in [3.05, 3.63) is 27.2 Å². The maximum Gasteiger partial charge on any atom is 0.285 e. The molecule has 1 atom stereocenters. The van der Waals surface area contributed by atoms with Crippen LogP contribution in [0.25, 0.3) is 0 Å². The molecule has 26 heavy (non-hydrogen) atoms. The number of hydrogen-bond donors (Lipinski definition) is 0. The molecule has 0 N–H and O–H groups in total. The van der Waals surface area contributed by atoms with Gasteiger partial charge in [-0.25, -0.2) is 13.1 Å². The van der Waals surface area contributed by atoms with Crippen LogP contribution in [0.3, 0.4) is 0 Å². The van der Waals surface area contributed by atoms with Gasteiger partial charge >= 0.3 is 0 Å². The van der Waals surface area contributed by atoms with Gasteiger partial charge in [0.15, 0.2) is 9.84 Å². The summed E-state index contributed by atoms with van der Waals surface area (Å²) in [6.07, 6.45) is 0.402. The Balaban J connectivity index is 2.32. The van der Waals surface area contributed by atoms with Crippen molar-refractivity contribution in [2.75, 3.05) is 18.1 Å². The van der Waals surface area contributed by atoms with Crippen molar-refractivity contribution in [3.63, 3.8) is 0 Å². The molecule has 1 aromatic rings. The van der Waals surface area contributed by atoms with Crippen molar-refractivity contribution in [1.29, 1.82) is 5.26 Å². The first kappa shape index (κ1) is 20.1. The van der Waals surface area contributed by atoms with Gasteiger partial charge in [-0.15, -0.1) is 0 Å². The third-order valence-electron chi connectivity index (χ3n) is 4.56. The van der Waals surface area contributed by atoms with E-state index in [0.717, 1.165) is 4.68 Å². The summed E-state index contributed by atoms with van der Waals surface area (Å²) in [5.74, 6) is -0.187. The summed E-state index contributed by atoms with van der Waals surface area (Å²) in [6, 6.07) is 1.49. The molecule has 142 valence electrons. The zero-order valence-corrected chi connectivity index (χ0v) is 16.3. The Bertz CT molecular complexity index is 912. The minimum atomic E-state index is -3.13. The molecule has 0 saturated carbocycles. The number of nitrogens with zero attached hydrogens (tertiary/aromatic N) is 4. The third-order valence-corrected chi connectivity index (χ3v) is 6.32. The first-order valence-electron chi connectivity index (χ1n) is 8.54. The molecule has 0 radical (unpaired) electrons. The number of carbonyl (C=O) groups is 1. The standard InChI is InChI=1S/C17H24N4O4S/c1-11(2)8-20(14-5-6-26(24,25)10-14)16(22)9-21-17(23)15(7-18)12(3)13(4)19-21/h11,14H,5-6,8-10H2,1-4H3/t14-/m1/s1. The molecule has 8 nitrogen and oxygen atoms in total. The van der Waals surface area contributed by atoms with Crippen LogP contribution in [0.15, 0.2) is 4.79 Å². The minimum absolute atomic E-state index is 0.0239. The minimum Gasteiger partial charge on any atom is -0.337 e. The highest BCUT2D eigenvalue weighted by Crippen LogP contribution is 2.19. The summed E-state index contributed by atoms with van der Waals surface area (Å²) >= 11 is 0. The molecular weight excluding hydrogens is 356 g/mol.